The molecular formula is C21H20N4O2S. The molecule has 0 unspecified atom stereocenters. The summed E-state index contributed by atoms with van der Waals surface area (Å²) in [6, 6.07) is 17.4. The van der Waals surface area contributed by atoms with Gasteiger partial charge in [0.05, 0.1) is 31.6 Å². The van der Waals surface area contributed by atoms with Crippen LogP contribution in [0.25, 0.3) is 5.69 Å². The van der Waals surface area contributed by atoms with Gasteiger partial charge in [-0.1, -0.05) is 6.07 Å². The summed E-state index contributed by atoms with van der Waals surface area (Å²) in [7, 11) is 1.64. The Labute approximate surface area is 167 Å². The Balaban J connectivity index is 1.39. The fraction of sp³-hybridized carbons (Fsp3) is 0.143. The minimum atomic E-state index is -0.111. The zero-order valence-electron chi connectivity index (χ0n) is 15.4. The van der Waals surface area contributed by atoms with Gasteiger partial charge in [0.2, 0.25) is 0 Å². The molecule has 1 aromatic carbocycles. The number of rotatable bonds is 7. The molecule has 3 aromatic heterocycles. The Morgan fingerprint density at radius 1 is 1.11 bits per heavy atom. The van der Waals surface area contributed by atoms with Gasteiger partial charge >= 0.3 is 0 Å². The fourth-order valence-corrected chi connectivity index (χ4v) is 3.63. The molecule has 1 N–H and O–H groups in total. The van der Waals surface area contributed by atoms with Gasteiger partial charge in [0.15, 0.2) is 0 Å². The van der Waals surface area contributed by atoms with E-state index in [1.807, 2.05) is 70.9 Å². The van der Waals surface area contributed by atoms with E-state index in [-0.39, 0.29) is 5.91 Å². The van der Waals surface area contributed by atoms with Gasteiger partial charge in [-0.3, -0.25) is 4.79 Å². The second kappa shape index (κ2) is 8.14. The Kier molecular flexibility index (Phi) is 5.25. The molecule has 4 rings (SSSR count). The van der Waals surface area contributed by atoms with Crippen molar-refractivity contribution in [2.75, 3.05) is 7.11 Å². The van der Waals surface area contributed by atoms with Gasteiger partial charge in [-0.05, 0) is 53.9 Å². The third-order valence-electron chi connectivity index (χ3n) is 4.38. The smallest absolute Gasteiger partial charge is 0.268 e. The highest BCUT2D eigenvalue weighted by atomic mass is 32.1. The SMILES string of the molecule is COc1ccc(-n2ccc(CNC(=O)c3cccn3Cc3cccs3)n2)cc1. The van der Waals surface area contributed by atoms with E-state index in [0.29, 0.717) is 18.8 Å². The maximum Gasteiger partial charge on any atom is 0.268 e. The quantitative estimate of drug-likeness (QED) is 0.521. The van der Waals surface area contributed by atoms with Gasteiger partial charge < -0.3 is 14.6 Å². The first-order valence-electron chi connectivity index (χ1n) is 8.87. The molecule has 0 aliphatic rings. The number of benzene rings is 1. The van der Waals surface area contributed by atoms with Crippen molar-refractivity contribution in [3.8, 4) is 11.4 Å². The van der Waals surface area contributed by atoms with Crippen LogP contribution in [0.3, 0.4) is 0 Å². The second-order valence-corrected chi connectivity index (χ2v) is 7.27. The van der Waals surface area contributed by atoms with Gasteiger partial charge in [0, 0.05) is 17.3 Å². The van der Waals surface area contributed by atoms with E-state index < -0.39 is 0 Å². The Bertz CT molecular complexity index is 1050. The van der Waals surface area contributed by atoms with Crippen molar-refractivity contribution in [1.29, 1.82) is 0 Å². The van der Waals surface area contributed by atoms with E-state index in [1.165, 1.54) is 4.88 Å². The molecule has 6 nitrogen and oxygen atoms in total. The number of carbonyl (C=O) groups excluding carboxylic acids is 1. The summed E-state index contributed by atoms with van der Waals surface area (Å²) in [6.45, 7) is 1.06. The number of nitrogens with one attached hydrogen (secondary N) is 1. The lowest BCUT2D eigenvalue weighted by atomic mass is 10.3. The highest BCUT2D eigenvalue weighted by Gasteiger charge is 2.12. The first kappa shape index (κ1) is 18.1. The molecule has 0 saturated heterocycles. The van der Waals surface area contributed by atoms with Crippen LogP contribution in [0.15, 0.2) is 72.4 Å². The summed E-state index contributed by atoms with van der Waals surface area (Å²) >= 11 is 1.68. The minimum Gasteiger partial charge on any atom is -0.497 e. The molecule has 0 atom stereocenters. The molecule has 7 heteroatoms. The highest BCUT2D eigenvalue weighted by molar-refractivity contribution is 7.09. The van der Waals surface area contributed by atoms with Crippen LogP contribution < -0.4 is 10.1 Å². The molecule has 0 spiro atoms. The van der Waals surface area contributed by atoms with E-state index in [0.717, 1.165) is 17.1 Å². The van der Waals surface area contributed by atoms with E-state index in [4.69, 9.17) is 4.74 Å². The fourth-order valence-electron chi connectivity index (χ4n) is 2.92. The monoisotopic (exact) mass is 392 g/mol. The second-order valence-electron chi connectivity index (χ2n) is 6.23. The number of ether oxygens (including phenoxy) is 1. The highest BCUT2D eigenvalue weighted by Crippen LogP contribution is 2.15. The molecule has 142 valence electrons. The number of hydrogen-bond acceptors (Lipinski definition) is 4. The minimum absolute atomic E-state index is 0.111. The van der Waals surface area contributed by atoms with Crippen molar-refractivity contribution >= 4 is 17.2 Å². The van der Waals surface area contributed by atoms with Gasteiger partial charge in [0.25, 0.3) is 5.91 Å². The Hall–Kier alpha value is -3.32. The maximum atomic E-state index is 12.6. The molecule has 0 fully saturated rings. The first-order valence-corrected chi connectivity index (χ1v) is 9.75. The lowest BCUT2D eigenvalue weighted by Gasteiger charge is -2.08. The average Bonchev–Trinajstić information content (AvgIpc) is 3.49. The topological polar surface area (TPSA) is 61.1 Å². The zero-order valence-corrected chi connectivity index (χ0v) is 16.2. The van der Waals surface area contributed by atoms with E-state index in [1.54, 1.807) is 23.1 Å². The van der Waals surface area contributed by atoms with Crippen molar-refractivity contribution in [3.63, 3.8) is 0 Å². The van der Waals surface area contributed by atoms with Crippen LogP contribution in [0.2, 0.25) is 0 Å². The number of aromatic nitrogens is 3. The third-order valence-corrected chi connectivity index (χ3v) is 5.24. The molecule has 28 heavy (non-hydrogen) atoms. The Morgan fingerprint density at radius 3 is 2.71 bits per heavy atom. The molecule has 1 amide bonds. The van der Waals surface area contributed by atoms with Gasteiger partial charge in [-0.25, -0.2) is 4.68 Å². The van der Waals surface area contributed by atoms with Crippen LogP contribution in [0, 0.1) is 0 Å². The lowest BCUT2D eigenvalue weighted by molar-refractivity contribution is 0.0941. The van der Waals surface area contributed by atoms with E-state index in [9.17, 15) is 4.79 Å². The predicted molar refractivity (Wildman–Crippen MR) is 109 cm³/mol. The maximum absolute atomic E-state index is 12.6. The van der Waals surface area contributed by atoms with Crippen LogP contribution in [0.1, 0.15) is 21.1 Å². The zero-order chi connectivity index (χ0) is 19.3. The molecule has 0 bridgehead atoms. The largest absolute Gasteiger partial charge is 0.497 e. The third kappa shape index (κ3) is 3.99. The van der Waals surface area contributed by atoms with Crippen molar-refractivity contribution in [3.05, 3.63) is 88.6 Å². The first-order chi connectivity index (χ1) is 13.7. The lowest BCUT2D eigenvalue weighted by Crippen LogP contribution is -2.25. The average molecular weight is 392 g/mol. The number of nitrogens with zero attached hydrogens (tertiary/aromatic N) is 3. The molecule has 0 aliphatic carbocycles. The molecule has 4 aromatic rings. The molecule has 0 radical (unpaired) electrons. The predicted octanol–water partition coefficient (Wildman–Crippen LogP) is 3.72. The summed E-state index contributed by atoms with van der Waals surface area (Å²) in [5, 5.41) is 9.52. The number of amides is 1. The number of hydrogen-bond donors (Lipinski definition) is 1. The van der Waals surface area contributed by atoms with Crippen molar-refractivity contribution in [2.24, 2.45) is 0 Å². The summed E-state index contributed by atoms with van der Waals surface area (Å²) in [4.78, 5) is 13.8. The van der Waals surface area contributed by atoms with Gasteiger partial charge in [-0.15, -0.1) is 11.3 Å². The summed E-state index contributed by atoms with van der Waals surface area (Å²) in [6.07, 6.45) is 3.80. The summed E-state index contributed by atoms with van der Waals surface area (Å²) in [5.41, 5.74) is 2.37. The van der Waals surface area contributed by atoms with E-state index >= 15 is 0 Å². The van der Waals surface area contributed by atoms with Crippen LogP contribution in [-0.4, -0.2) is 27.4 Å². The van der Waals surface area contributed by atoms with Crippen molar-refractivity contribution in [1.82, 2.24) is 19.7 Å². The van der Waals surface area contributed by atoms with Crippen LogP contribution in [0.4, 0.5) is 0 Å². The normalized spacial score (nSPS) is 10.8. The van der Waals surface area contributed by atoms with Crippen LogP contribution in [0.5, 0.6) is 5.75 Å². The number of thiophene rings is 1. The molecule has 0 saturated carbocycles. The molecule has 3 heterocycles. The standard InChI is InChI=1S/C21H20N4O2S/c1-27-18-8-6-17(7-9-18)25-12-10-16(23-25)14-22-21(26)20-5-2-11-24(20)15-19-4-3-13-28-19/h2-13H,14-15H2,1H3,(H,22,26). The summed E-state index contributed by atoms with van der Waals surface area (Å²) < 4.78 is 8.91. The van der Waals surface area contributed by atoms with Gasteiger partial charge in [-0.2, -0.15) is 5.10 Å². The number of carbonyl (C=O) groups is 1. The summed E-state index contributed by atoms with van der Waals surface area (Å²) in [5.74, 6) is 0.689. The van der Waals surface area contributed by atoms with Crippen molar-refractivity contribution in [2.45, 2.75) is 13.1 Å². The molecular weight excluding hydrogens is 372 g/mol. The van der Waals surface area contributed by atoms with E-state index in [2.05, 4.69) is 16.5 Å². The van der Waals surface area contributed by atoms with Gasteiger partial charge in [0.1, 0.15) is 11.4 Å². The van der Waals surface area contributed by atoms with Crippen molar-refractivity contribution < 1.29 is 9.53 Å². The number of methoxy groups -OCH3 is 1. The van der Waals surface area contributed by atoms with Crippen LogP contribution in [-0.2, 0) is 13.1 Å². The van der Waals surface area contributed by atoms with Crippen LogP contribution >= 0.6 is 11.3 Å². The Morgan fingerprint density at radius 2 is 1.96 bits per heavy atom. The molecule has 0 aliphatic heterocycles.